The molecule has 5 heteroatoms. The number of ether oxygens (including phenoxy) is 1. The zero-order chi connectivity index (χ0) is 16.8. The number of hydrogen-bond acceptors (Lipinski definition) is 3. The van der Waals surface area contributed by atoms with Crippen molar-refractivity contribution in [2.24, 2.45) is 16.8 Å². The molecule has 2 heterocycles. The number of nitrogens with one attached hydrogen (secondary N) is 2. The highest BCUT2D eigenvalue weighted by molar-refractivity contribution is 5.80. The van der Waals surface area contributed by atoms with Crippen molar-refractivity contribution in [1.82, 2.24) is 15.5 Å². The molecule has 2 saturated heterocycles. The summed E-state index contributed by atoms with van der Waals surface area (Å²) < 4.78 is 5.51. The SMILES string of the molecule is CCCC1CC1NC(=NCC)NC1CCN(CC2CCOC2)CC1. The summed E-state index contributed by atoms with van der Waals surface area (Å²) in [4.78, 5) is 7.28. The van der Waals surface area contributed by atoms with Crippen molar-refractivity contribution in [2.45, 2.75) is 64.5 Å². The molecule has 138 valence electrons. The predicted octanol–water partition coefficient (Wildman–Crippen LogP) is 2.23. The minimum Gasteiger partial charge on any atom is -0.381 e. The maximum absolute atomic E-state index is 5.51. The van der Waals surface area contributed by atoms with Crippen LogP contribution in [0.15, 0.2) is 4.99 Å². The van der Waals surface area contributed by atoms with E-state index in [1.54, 1.807) is 0 Å². The van der Waals surface area contributed by atoms with Gasteiger partial charge >= 0.3 is 0 Å². The predicted molar refractivity (Wildman–Crippen MR) is 99.4 cm³/mol. The standard InChI is InChI=1S/C19H36N4O/c1-3-5-16-12-18(16)22-19(20-4-2)21-17-6-9-23(10-7-17)13-15-8-11-24-14-15/h15-18H,3-14H2,1-2H3,(H2,20,21,22). The Balaban J connectivity index is 1.37. The van der Waals surface area contributed by atoms with Crippen LogP contribution in [0.2, 0.25) is 0 Å². The molecule has 0 aromatic rings. The molecule has 0 amide bonds. The van der Waals surface area contributed by atoms with Gasteiger partial charge in [0.1, 0.15) is 0 Å². The summed E-state index contributed by atoms with van der Waals surface area (Å²) >= 11 is 0. The fourth-order valence-corrected chi connectivity index (χ4v) is 4.13. The Morgan fingerprint density at radius 3 is 2.67 bits per heavy atom. The first-order chi connectivity index (χ1) is 11.8. The average molecular weight is 337 g/mol. The summed E-state index contributed by atoms with van der Waals surface area (Å²) in [6, 6.07) is 1.23. The fraction of sp³-hybridized carbons (Fsp3) is 0.947. The highest BCUT2D eigenvalue weighted by atomic mass is 16.5. The molecule has 0 spiro atoms. The van der Waals surface area contributed by atoms with E-state index >= 15 is 0 Å². The first-order valence-corrected chi connectivity index (χ1v) is 10.2. The number of aliphatic imine (C=N–C) groups is 1. The van der Waals surface area contributed by atoms with Gasteiger partial charge in [0.25, 0.3) is 0 Å². The molecule has 3 atom stereocenters. The topological polar surface area (TPSA) is 48.9 Å². The van der Waals surface area contributed by atoms with Crippen LogP contribution in [0.1, 0.15) is 52.4 Å². The minimum atomic E-state index is 0.572. The number of guanidine groups is 1. The van der Waals surface area contributed by atoms with Crippen LogP contribution in [0.4, 0.5) is 0 Å². The van der Waals surface area contributed by atoms with Gasteiger partial charge in [-0.05, 0) is 50.9 Å². The Morgan fingerprint density at radius 2 is 2.00 bits per heavy atom. The summed E-state index contributed by atoms with van der Waals surface area (Å²) in [5.74, 6) is 2.68. The van der Waals surface area contributed by atoms with Gasteiger partial charge in [-0.25, -0.2) is 0 Å². The van der Waals surface area contributed by atoms with Crippen molar-refractivity contribution in [3.8, 4) is 0 Å². The third kappa shape index (κ3) is 5.35. The minimum absolute atomic E-state index is 0.572. The molecular formula is C19H36N4O. The van der Waals surface area contributed by atoms with E-state index in [0.29, 0.717) is 12.1 Å². The van der Waals surface area contributed by atoms with Crippen LogP contribution >= 0.6 is 0 Å². The van der Waals surface area contributed by atoms with Crippen molar-refractivity contribution in [3.05, 3.63) is 0 Å². The van der Waals surface area contributed by atoms with E-state index in [-0.39, 0.29) is 0 Å². The Labute approximate surface area is 147 Å². The Bertz CT molecular complexity index is 400. The van der Waals surface area contributed by atoms with Crippen molar-refractivity contribution in [2.75, 3.05) is 39.4 Å². The average Bonchev–Trinajstić information content (AvgIpc) is 3.08. The zero-order valence-corrected chi connectivity index (χ0v) is 15.6. The maximum atomic E-state index is 5.51. The molecule has 0 aromatic carbocycles. The molecule has 5 nitrogen and oxygen atoms in total. The molecule has 1 aliphatic carbocycles. The van der Waals surface area contributed by atoms with E-state index in [0.717, 1.165) is 37.6 Å². The molecule has 0 radical (unpaired) electrons. The van der Waals surface area contributed by atoms with Gasteiger partial charge in [-0.1, -0.05) is 13.3 Å². The van der Waals surface area contributed by atoms with E-state index < -0.39 is 0 Å². The second-order valence-corrected chi connectivity index (χ2v) is 7.81. The summed E-state index contributed by atoms with van der Waals surface area (Å²) in [6.07, 6.45) is 7.65. The smallest absolute Gasteiger partial charge is 0.191 e. The number of rotatable bonds is 7. The van der Waals surface area contributed by atoms with Gasteiger partial charge in [0.2, 0.25) is 0 Å². The lowest BCUT2D eigenvalue weighted by Gasteiger charge is -2.34. The Kier molecular flexibility index (Phi) is 6.78. The van der Waals surface area contributed by atoms with Crippen molar-refractivity contribution >= 4 is 5.96 Å². The van der Waals surface area contributed by atoms with Gasteiger partial charge < -0.3 is 20.3 Å². The summed E-state index contributed by atoms with van der Waals surface area (Å²) in [7, 11) is 0. The molecule has 24 heavy (non-hydrogen) atoms. The first kappa shape index (κ1) is 18.0. The van der Waals surface area contributed by atoms with E-state index in [9.17, 15) is 0 Å². The molecule has 0 aromatic heterocycles. The lowest BCUT2D eigenvalue weighted by molar-refractivity contribution is 0.150. The summed E-state index contributed by atoms with van der Waals surface area (Å²) in [5, 5.41) is 7.35. The Hall–Kier alpha value is -0.810. The van der Waals surface area contributed by atoms with Crippen LogP contribution < -0.4 is 10.6 Å². The molecule has 3 unspecified atom stereocenters. The number of piperidine rings is 1. The molecule has 3 fully saturated rings. The van der Waals surface area contributed by atoms with Gasteiger partial charge in [-0.2, -0.15) is 0 Å². The van der Waals surface area contributed by atoms with Gasteiger partial charge in [0, 0.05) is 44.9 Å². The van der Waals surface area contributed by atoms with Crippen molar-refractivity contribution in [1.29, 1.82) is 0 Å². The van der Waals surface area contributed by atoms with Crippen LogP contribution in [0.3, 0.4) is 0 Å². The lowest BCUT2D eigenvalue weighted by Crippen LogP contribution is -2.50. The normalized spacial score (nSPS) is 32.1. The highest BCUT2D eigenvalue weighted by Crippen LogP contribution is 2.34. The zero-order valence-electron chi connectivity index (χ0n) is 15.6. The van der Waals surface area contributed by atoms with Crippen LogP contribution in [-0.2, 0) is 4.74 Å². The van der Waals surface area contributed by atoms with Crippen molar-refractivity contribution < 1.29 is 4.74 Å². The Morgan fingerprint density at radius 1 is 1.17 bits per heavy atom. The first-order valence-electron chi connectivity index (χ1n) is 10.2. The van der Waals surface area contributed by atoms with Crippen LogP contribution in [0.25, 0.3) is 0 Å². The molecule has 3 rings (SSSR count). The number of nitrogens with zero attached hydrogens (tertiary/aromatic N) is 2. The maximum Gasteiger partial charge on any atom is 0.191 e. The van der Waals surface area contributed by atoms with E-state index in [4.69, 9.17) is 4.74 Å². The van der Waals surface area contributed by atoms with E-state index in [1.807, 2.05) is 0 Å². The van der Waals surface area contributed by atoms with E-state index in [1.165, 1.54) is 58.2 Å². The molecule has 2 N–H and O–H groups in total. The third-order valence-corrected chi connectivity index (χ3v) is 5.69. The van der Waals surface area contributed by atoms with Gasteiger partial charge in [0.05, 0.1) is 6.61 Å². The van der Waals surface area contributed by atoms with E-state index in [2.05, 4.69) is 34.4 Å². The molecular weight excluding hydrogens is 300 g/mol. The van der Waals surface area contributed by atoms with Crippen LogP contribution in [0.5, 0.6) is 0 Å². The lowest BCUT2D eigenvalue weighted by atomic mass is 10.0. The van der Waals surface area contributed by atoms with Gasteiger partial charge in [-0.15, -0.1) is 0 Å². The molecule has 1 saturated carbocycles. The third-order valence-electron chi connectivity index (χ3n) is 5.69. The summed E-state index contributed by atoms with van der Waals surface area (Å²) in [6.45, 7) is 10.8. The largest absolute Gasteiger partial charge is 0.381 e. The van der Waals surface area contributed by atoms with Gasteiger partial charge in [-0.3, -0.25) is 4.99 Å². The van der Waals surface area contributed by atoms with Gasteiger partial charge in [0.15, 0.2) is 5.96 Å². The second-order valence-electron chi connectivity index (χ2n) is 7.81. The fourth-order valence-electron chi connectivity index (χ4n) is 4.13. The van der Waals surface area contributed by atoms with Crippen LogP contribution in [0, 0.1) is 11.8 Å². The highest BCUT2D eigenvalue weighted by Gasteiger charge is 2.37. The van der Waals surface area contributed by atoms with Crippen molar-refractivity contribution in [3.63, 3.8) is 0 Å². The second kappa shape index (κ2) is 9.04. The number of likely N-dealkylation sites (tertiary alicyclic amines) is 1. The quantitative estimate of drug-likeness (QED) is 0.553. The molecule has 0 bridgehead atoms. The van der Waals surface area contributed by atoms with Crippen LogP contribution in [-0.4, -0.2) is 62.3 Å². The molecule has 3 aliphatic rings. The summed E-state index contributed by atoms with van der Waals surface area (Å²) in [5.41, 5.74) is 0. The monoisotopic (exact) mass is 336 g/mol. The molecule has 2 aliphatic heterocycles. The number of hydrogen-bond donors (Lipinski definition) is 2.